The summed E-state index contributed by atoms with van der Waals surface area (Å²) in [4.78, 5) is 14.6. The summed E-state index contributed by atoms with van der Waals surface area (Å²) in [7, 11) is 0.775. The summed E-state index contributed by atoms with van der Waals surface area (Å²) in [6.45, 7) is 15.7. The molecule has 5 fully saturated rings. The Balaban J connectivity index is 1.14. The summed E-state index contributed by atoms with van der Waals surface area (Å²) in [5.41, 5.74) is 2.66. The third kappa shape index (κ3) is 5.90. The number of nitrogens with zero attached hydrogens (tertiary/aromatic N) is 1. The number of ether oxygens (including phenoxy) is 1. The van der Waals surface area contributed by atoms with Crippen molar-refractivity contribution in [3.8, 4) is 0 Å². The zero-order valence-electron chi connectivity index (χ0n) is 31.6. The molecule has 1 aromatic carbocycles. The number of methoxy groups -OCH3 is 1. The first-order valence-corrected chi connectivity index (χ1v) is 21.2. The summed E-state index contributed by atoms with van der Waals surface area (Å²) >= 11 is 0. The number of hydrogen-bond acceptors (Lipinski definition) is 7. The number of aliphatic hydroxyl groups excluding tert-OH is 1. The van der Waals surface area contributed by atoms with E-state index < -0.39 is 16.4 Å². The van der Waals surface area contributed by atoms with Gasteiger partial charge in [-0.15, -0.1) is 0 Å². The molecule has 0 aromatic heterocycles. The third-order valence-corrected chi connectivity index (χ3v) is 17.3. The Morgan fingerprint density at radius 2 is 1.68 bits per heavy atom. The van der Waals surface area contributed by atoms with Crippen LogP contribution in [0.4, 0.5) is 0 Å². The summed E-state index contributed by atoms with van der Waals surface area (Å²) in [6.07, 6.45) is 13.0. The smallest absolute Gasteiger partial charge is 0.337 e. The molecule has 4 saturated carbocycles. The first-order valence-electron chi connectivity index (χ1n) is 19.8. The van der Waals surface area contributed by atoms with Gasteiger partial charge < -0.3 is 25.2 Å². The number of nitrogens with one attached hydrogen (secondary N) is 1. The Kier molecular flexibility index (Phi) is 9.83. The van der Waals surface area contributed by atoms with Crippen LogP contribution in [0.25, 0.3) is 5.57 Å². The second-order valence-electron chi connectivity index (χ2n) is 18.6. The second-order valence-corrected chi connectivity index (χ2v) is 20.3. The minimum Gasteiger partial charge on any atom is -0.465 e. The molecule has 0 amide bonds. The summed E-state index contributed by atoms with van der Waals surface area (Å²) in [5.74, 6) is 4.16. The van der Waals surface area contributed by atoms with Gasteiger partial charge in [-0.2, -0.15) is 0 Å². The van der Waals surface area contributed by atoms with Crippen molar-refractivity contribution >= 4 is 22.3 Å². The number of hydrogen-bond donors (Lipinski definition) is 3. The number of aliphatic hydroxyl groups is 2. The minimum absolute atomic E-state index is 0.0157. The van der Waals surface area contributed by atoms with Crippen LogP contribution in [0, 0.1) is 51.8 Å². The first-order chi connectivity index (χ1) is 23.7. The van der Waals surface area contributed by atoms with Crippen LogP contribution in [-0.2, 0) is 15.5 Å². The number of fused-ring (bicyclic) bond motifs is 7. The molecule has 8 heteroatoms. The lowest BCUT2D eigenvalue weighted by atomic mass is 9.36. The fraction of sp³-hybridized carbons (Fsp3) is 0.786. The molecule has 1 aromatic rings. The molecule has 7 rings (SSSR count). The van der Waals surface area contributed by atoms with Crippen molar-refractivity contribution in [3.05, 3.63) is 41.5 Å². The monoisotopic (exact) mass is 708 g/mol. The van der Waals surface area contributed by atoms with Gasteiger partial charge in [0.15, 0.2) is 0 Å². The Bertz CT molecular complexity index is 1480. The van der Waals surface area contributed by atoms with Crippen LogP contribution in [0.15, 0.2) is 30.3 Å². The van der Waals surface area contributed by atoms with E-state index in [1.165, 1.54) is 50.4 Å². The van der Waals surface area contributed by atoms with Gasteiger partial charge in [-0.25, -0.2) is 4.79 Å². The third-order valence-electron chi connectivity index (χ3n) is 16.1. The van der Waals surface area contributed by atoms with Gasteiger partial charge in [0.2, 0.25) is 0 Å². The van der Waals surface area contributed by atoms with Gasteiger partial charge in [-0.05, 0) is 140 Å². The number of rotatable bonds is 8. The molecule has 8 unspecified atom stereocenters. The highest BCUT2D eigenvalue weighted by Gasteiger charge is 2.67. The molecule has 10 atom stereocenters. The highest BCUT2D eigenvalue weighted by molar-refractivity contribution is 7.85. The van der Waals surface area contributed by atoms with Gasteiger partial charge in [-0.3, -0.25) is 4.21 Å². The molecule has 0 radical (unpaired) electrons. The number of esters is 1. The molecule has 0 bridgehead atoms. The summed E-state index contributed by atoms with van der Waals surface area (Å²) in [5, 5.41) is 26.3. The van der Waals surface area contributed by atoms with Gasteiger partial charge in [-0.1, -0.05) is 45.9 Å². The maximum absolute atomic E-state index is 12.1. The van der Waals surface area contributed by atoms with E-state index in [0.717, 1.165) is 63.4 Å². The molecule has 278 valence electrons. The molecule has 3 N–H and O–H groups in total. The standard InChI is InChI=1S/C42H64N2O5S/c1-38(2)31(28-7-9-29(10-8-28)37(46)49-6)13-17-40(4)34(38)16-18-39(3)32-14-19-42(43-21-22-44-23-25-50(48)26-24-44)20-15-33(41(5,47)27-45)36(42)30(32)11-12-35(39)40/h7-10,13,30,32-36,43,45,47H,11-12,14-27H2,1-6H3/t30?,32?,33-,34?,35?,36+,39?,40?,41?,42?/m1/s1. The molecule has 6 aliphatic rings. The Labute approximate surface area is 303 Å². The normalized spacial score (nSPS) is 41.2. The summed E-state index contributed by atoms with van der Waals surface area (Å²) < 4.78 is 16.9. The number of benzene rings is 1. The van der Waals surface area contributed by atoms with Crippen LogP contribution in [-0.4, -0.2) is 87.8 Å². The molecule has 5 aliphatic carbocycles. The number of allylic oxidation sites excluding steroid dienone is 2. The fourth-order valence-electron chi connectivity index (χ4n) is 13.7. The minimum atomic E-state index is -1.07. The lowest BCUT2D eigenvalue weighted by molar-refractivity contribution is -0.184. The highest BCUT2D eigenvalue weighted by Crippen LogP contribution is 2.73. The van der Waals surface area contributed by atoms with E-state index in [4.69, 9.17) is 4.74 Å². The predicted molar refractivity (Wildman–Crippen MR) is 201 cm³/mol. The van der Waals surface area contributed by atoms with Crippen LogP contribution in [0.2, 0.25) is 0 Å². The predicted octanol–water partition coefficient (Wildman–Crippen LogP) is 6.31. The lowest BCUT2D eigenvalue weighted by Crippen LogP contribution is -2.65. The maximum atomic E-state index is 12.1. The van der Waals surface area contributed by atoms with E-state index in [9.17, 15) is 19.2 Å². The molecular formula is C42H64N2O5S. The molecule has 50 heavy (non-hydrogen) atoms. The van der Waals surface area contributed by atoms with Gasteiger partial charge in [0.05, 0.1) is 24.9 Å². The van der Waals surface area contributed by atoms with Crippen LogP contribution in [0.3, 0.4) is 0 Å². The van der Waals surface area contributed by atoms with Gasteiger partial charge in [0, 0.05) is 54.0 Å². The average molecular weight is 709 g/mol. The highest BCUT2D eigenvalue weighted by atomic mass is 32.2. The largest absolute Gasteiger partial charge is 0.465 e. The van der Waals surface area contributed by atoms with E-state index in [1.54, 1.807) is 0 Å². The molecule has 0 spiro atoms. The lowest BCUT2D eigenvalue weighted by Gasteiger charge is -2.69. The topological polar surface area (TPSA) is 99.1 Å². The fourth-order valence-corrected chi connectivity index (χ4v) is 14.9. The average Bonchev–Trinajstić information content (AvgIpc) is 3.49. The van der Waals surface area contributed by atoms with E-state index in [-0.39, 0.29) is 40.3 Å². The van der Waals surface area contributed by atoms with Crippen molar-refractivity contribution in [1.82, 2.24) is 10.2 Å². The van der Waals surface area contributed by atoms with Crippen molar-refractivity contribution in [3.63, 3.8) is 0 Å². The second kappa shape index (κ2) is 13.4. The van der Waals surface area contributed by atoms with E-state index in [2.05, 4.69) is 56.1 Å². The zero-order chi connectivity index (χ0) is 35.7. The molecule has 7 nitrogen and oxygen atoms in total. The van der Waals surface area contributed by atoms with E-state index in [1.807, 2.05) is 19.1 Å². The van der Waals surface area contributed by atoms with Crippen molar-refractivity contribution in [1.29, 1.82) is 0 Å². The van der Waals surface area contributed by atoms with Crippen molar-refractivity contribution in [2.45, 2.75) is 104 Å². The van der Waals surface area contributed by atoms with Gasteiger partial charge in [0.25, 0.3) is 0 Å². The Hall–Kier alpha value is -1.58. The van der Waals surface area contributed by atoms with Crippen LogP contribution in [0.5, 0.6) is 0 Å². The van der Waals surface area contributed by atoms with E-state index >= 15 is 0 Å². The van der Waals surface area contributed by atoms with Gasteiger partial charge >= 0.3 is 5.97 Å². The maximum Gasteiger partial charge on any atom is 0.337 e. The molecule has 1 heterocycles. The number of carbonyl (C=O) groups excluding carboxylic acids is 1. The van der Waals surface area contributed by atoms with Crippen molar-refractivity contribution in [2.24, 2.45) is 51.8 Å². The SMILES string of the molecule is COC(=O)c1ccc(C2=CCC3(C)C(CCC4(C)C5CCC6(NCCN7CCS(=O)CC7)CC[C@@H](C(C)(O)CO)[C@@H]6C5CCC43)C2(C)C)cc1. The van der Waals surface area contributed by atoms with Crippen LogP contribution < -0.4 is 5.32 Å². The zero-order valence-corrected chi connectivity index (χ0v) is 32.5. The quantitative estimate of drug-likeness (QED) is 0.273. The number of carbonyl (C=O) groups is 1. The van der Waals surface area contributed by atoms with E-state index in [0.29, 0.717) is 35.2 Å². The van der Waals surface area contributed by atoms with Crippen LogP contribution in [0.1, 0.15) is 108 Å². The Morgan fingerprint density at radius 1 is 0.980 bits per heavy atom. The summed E-state index contributed by atoms with van der Waals surface area (Å²) in [6, 6.07) is 8.03. The van der Waals surface area contributed by atoms with Crippen molar-refractivity contribution in [2.75, 3.05) is 51.4 Å². The van der Waals surface area contributed by atoms with Crippen LogP contribution >= 0.6 is 0 Å². The van der Waals surface area contributed by atoms with Crippen molar-refractivity contribution < 1.29 is 24.0 Å². The molecule has 1 saturated heterocycles. The molecule has 1 aliphatic heterocycles. The van der Waals surface area contributed by atoms with Gasteiger partial charge in [0.1, 0.15) is 0 Å². The Morgan fingerprint density at radius 3 is 2.36 bits per heavy atom. The molecular weight excluding hydrogens is 645 g/mol. The first kappa shape index (κ1) is 36.8.